The van der Waals surface area contributed by atoms with Crippen molar-refractivity contribution in [2.24, 2.45) is 5.92 Å². The molecule has 0 amide bonds. The Bertz CT molecular complexity index is 484. The Balaban J connectivity index is 1.93. The van der Waals surface area contributed by atoms with Gasteiger partial charge in [0.2, 0.25) is 6.41 Å². The summed E-state index contributed by atoms with van der Waals surface area (Å²) in [6.07, 6.45) is 4.64. The second kappa shape index (κ2) is 6.36. The van der Waals surface area contributed by atoms with E-state index < -0.39 is 24.3 Å². The number of methoxy groups -OCH3 is 2. The zero-order valence-corrected chi connectivity index (χ0v) is 12.8. The van der Waals surface area contributed by atoms with Gasteiger partial charge in [0.1, 0.15) is 5.92 Å². The van der Waals surface area contributed by atoms with Crippen molar-refractivity contribution in [2.45, 2.75) is 44.4 Å². The van der Waals surface area contributed by atoms with Crippen molar-refractivity contribution < 1.29 is 28.5 Å². The van der Waals surface area contributed by atoms with Crippen molar-refractivity contribution in [3.8, 4) is 0 Å². The Labute approximate surface area is 129 Å². The molecule has 0 radical (unpaired) electrons. The summed E-state index contributed by atoms with van der Waals surface area (Å²) >= 11 is 0. The average Bonchev–Trinajstić information content (AvgIpc) is 3.05. The van der Waals surface area contributed by atoms with Crippen LogP contribution in [0.25, 0.3) is 0 Å². The highest BCUT2D eigenvalue weighted by atomic mass is 16.9. The number of hydrogen-bond donors (Lipinski definition) is 0. The molecule has 7 heteroatoms. The van der Waals surface area contributed by atoms with Gasteiger partial charge in [-0.1, -0.05) is 12.5 Å². The zero-order valence-electron chi connectivity index (χ0n) is 12.8. The maximum Gasteiger partial charge on any atom is 0.334 e. The Hall–Kier alpha value is -1.44. The van der Waals surface area contributed by atoms with E-state index >= 15 is 0 Å². The molecule has 22 heavy (non-hydrogen) atoms. The third-order valence-electron chi connectivity index (χ3n) is 4.51. The first kappa shape index (κ1) is 15.5. The molecule has 0 aromatic rings. The number of allylic oxidation sites excluding steroid dienone is 1. The van der Waals surface area contributed by atoms with Gasteiger partial charge >= 0.3 is 11.9 Å². The molecule has 1 aliphatic carbocycles. The van der Waals surface area contributed by atoms with Crippen LogP contribution in [0.4, 0.5) is 0 Å². The molecule has 3 fully saturated rings. The molecule has 0 aromatic heterocycles. The maximum absolute atomic E-state index is 12.4. The lowest BCUT2D eigenvalue weighted by Crippen LogP contribution is -2.48. The van der Waals surface area contributed by atoms with E-state index in [1.54, 1.807) is 0 Å². The number of nitrogens with zero attached hydrogens (tertiary/aromatic N) is 1. The van der Waals surface area contributed by atoms with E-state index in [2.05, 4.69) is 0 Å². The highest BCUT2D eigenvalue weighted by molar-refractivity contribution is 5.96. The minimum absolute atomic E-state index is 0.185. The molecule has 0 spiro atoms. The molecule has 0 N–H and O–H groups in total. The highest BCUT2D eigenvalue weighted by Crippen LogP contribution is 2.38. The van der Waals surface area contributed by atoms with Gasteiger partial charge < -0.3 is 18.9 Å². The lowest BCUT2D eigenvalue weighted by molar-refractivity contribution is -0.362. The van der Waals surface area contributed by atoms with Crippen LogP contribution in [-0.4, -0.2) is 56.3 Å². The van der Waals surface area contributed by atoms with Crippen LogP contribution in [-0.2, 0) is 28.5 Å². The van der Waals surface area contributed by atoms with E-state index in [0.29, 0.717) is 12.1 Å². The van der Waals surface area contributed by atoms with Crippen molar-refractivity contribution in [3.05, 3.63) is 11.6 Å². The molecular weight excluding hydrogens is 290 g/mol. The van der Waals surface area contributed by atoms with Crippen molar-refractivity contribution in [2.75, 3.05) is 20.8 Å². The number of carbonyl (C=O) groups is 2. The second-order valence-corrected chi connectivity index (χ2v) is 5.71. The molecule has 0 saturated carbocycles. The second-order valence-electron chi connectivity index (χ2n) is 5.71. The fourth-order valence-corrected chi connectivity index (χ4v) is 3.41. The maximum atomic E-state index is 12.4. The van der Waals surface area contributed by atoms with Gasteiger partial charge in [-0.2, -0.15) is 0 Å². The summed E-state index contributed by atoms with van der Waals surface area (Å²) in [5, 5.41) is 0. The SMILES string of the molecule is COC(=O)/C1=C\CCCC[C@@H](N2CC3OC2O3)[C@H]1C(=O)OC. The van der Waals surface area contributed by atoms with Crippen LogP contribution in [0, 0.1) is 5.92 Å². The smallest absolute Gasteiger partial charge is 0.334 e. The van der Waals surface area contributed by atoms with Crippen LogP contribution in [0.5, 0.6) is 0 Å². The van der Waals surface area contributed by atoms with E-state index in [9.17, 15) is 9.59 Å². The molecule has 0 aromatic carbocycles. The van der Waals surface area contributed by atoms with Crippen LogP contribution in [0.3, 0.4) is 0 Å². The third kappa shape index (κ3) is 2.64. The molecule has 4 aliphatic rings. The lowest BCUT2D eigenvalue weighted by atomic mass is 9.84. The van der Waals surface area contributed by atoms with E-state index in [0.717, 1.165) is 25.7 Å². The highest BCUT2D eigenvalue weighted by Gasteiger charge is 2.52. The summed E-state index contributed by atoms with van der Waals surface area (Å²) in [4.78, 5) is 26.5. The van der Waals surface area contributed by atoms with Gasteiger partial charge in [-0.15, -0.1) is 0 Å². The van der Waals surface area contributed by atoms with Gasteiger partial charge in [0.05, 0.1) is 20.8 Å². The summed E-state index contributed by atoms with van der Waals surface area (Å²) in [5.74, 6) is -1.58. The van der Waals surface area contributed by atoms with Gasteiger partial charge in [0.25, 0.3) is 0 Å². The van der Waals surface area contributed by atoms with E-state index in [-0.39, 0.29) is 12.3 Å². The Morgan fingerprint density at radius 1 is 1.23 bits per heavy atom. The molecule has 3 aliphatic heterocycles. The number of ether oxygens (including phenoxy) is 4. The van der Waals surface area contributed by atoms with Crippen LogP contribution >= 0.6 is 0 Å². The predicted octanol–water partition coefficient (Wildman–Crippen LogP) is 0.790. The Morgan fingerprint density at radius 3 is 2.59 bits per heavy atom. The van der Waals surface area contributed by atoms with Gasteiger partial charge in [-0.25, -0.2) is 9.69 Å². The molecule has 0 unspecified atom stereocenters. The van der Waals surface area contributed by atoms with Gasteiger partial charge in [0, 0.05) is 11.6 Å². The normalized spacial score (nSPS) is 37.3. The van der Waals surface area contributed by atoms with Crippen molar-refractivity contribution >= 4 is 11.9 Å². The number of hydrogen-bond acceptors (Lipinski definition) is 7. The molecule has 7 nitrogen and oxygen atoms in total. The molecule has 122 valence electrons. The summed E-state index contributed by atoms with van der Waals surface area (Å²) < 4.78 is 20.8. The first-order chi connectivity index (χ1) is 10.7. The van der Waals surface area contributed by atoms with Crippen molar-refractivity contribution in [1.29, 1.82) is 0 Å². The minimum atomic E-state index is -0.677. The largest absolute Gasteiger partial charge is 0.468 e. The standard InChI is InChI=1S/C15H21NO6/c1-19-13(17)9-6-4-3-5-7-10(12(9)14(18)20-2)16-8-11-21-15(16)22-11/h6,10-12,15H,3-5,7-8H2,1-2H3/b9-6-/t10-,11?,12+,15?/m1/s1. The number of carbonyl (C=O) groups excluding carboxylic acids is 2. The van der Waals surface area contributed by atoms with Crippen LogP contribution in [0.1, 0.15) is 25.7 Å². The molecular formula is C15H21NO6. The Kier molecular flexibility index (Phi) is 4.46. The minimum Gasteiger partial charge on any atom is -0.468 e. The number of esters is 2. The van der Waals surface area contributed by atoms with Crippen LogP contribution < -0.4 is 0 Å². The first-order valence-electron chi connectivity index (χ1n) is 7.58. The van der Waals surface area contributed by atoms with E-state index in [1.165, 1.54) is 14.2 Å². The first-order valence-corrected chi connectivity index (χ1v) is 7.58. The summed E-state index contributed by atoms with van der Waals surface area (Å²) in [6, 6.07) is -0.185. The summed E-state index contributed by atoms with van der Waals surface area (Å²) in [5.41, 5.74) is 0.378. The monoisotopic (exact) mass is 311 g/mol. The van der Waals surface area contributed by atoms with Crippen LogP contribution in [0.2, 0.25) is 0 Å². The van der Waals surface area contributed by atoms with E-state index in [1.807, 2.05) is 11.0 Å². The van der Waals surface area contributed by atoms with Gasteiger partial charge in [0.15, 0.2) is 6.29 Å². The lowest BCUT2D eigenvalue weighted by Gasteiger charge is -2.36. The summed E-state index contributed by atoms with van der Waals surface area (Å²) in [6.45, 7) is 0.608. The Morgan fingerprint density at radius 2 is 2.00 bits per heavy atom. The topological polar surface area (TPSA) is 74.3 Å². The average molecular weight is 311 g/mol. The van der Waals surface area contributed by atoms with Crippen molar-refractivity contribution in [3.63, 3.8) is 0 Å². The molecule has 2 atom stereocenters. The van der Waals surface area contributed by atoms with Gasteiger partial charge in [-0.05, 0) is 19.3 Å². The number of fused-ring (bicyclic) bond motifs is 1. The fourth-order valence-electron chi connectivity index (χ4n) is 3.41. The fraction of sp³-hybridized carbons (Fsp3) is 0.733. The molecule has 2 bridgehead atoms. The third-order valence-corrected chi connectivity index (χ3v) is 4.51. The number of rotatable bonds is 3. The van der Waals surface area contributed by atoms with Crippen molar-refractivity contribution in [1.82, 2.24) is 4.90 Å². The van der Waals surface area contributed by atoms with Crippen LogP contribution in [0.15, 0.2) is 11.6 Å². The quantitative estimate of drug-likeness (QED) is 0.713. The van der Waals surface area contributed by atoms with E-state index in [4.69, 9.17) is 18.9 Å². The predicted molar refractivity (Wildman–Crippen MR) is 74.3 cm³/mol. The molecule has 3 heterocycles. The molecule has 3 saturated heterocycles. The van der Waals surface area contributed by atoms with Gasteiger partial charge in [-0.3, -0.25) is 4.79 Å². The molecule has 4 rings (SSSR count). The zero-order chi connectivity index (χ0) is 15.7. The summed E-state index contributed by atoms with van der Waals surface area (Å²) in [7, 11) is 2.66.